The second-order valence-electron chi connectivity index (χ2n) is 20.2. The van der Waals surface area contributed by atoms with Gasteiger partial charge in [0.05, 0.1) is 41.7 Å². The van der Waals surface area contributed by atoms with E-state index in [1.165, 1.54) is 45.4 Å². The molecule has 3 aromatic carbocycles. The lowest BCUT2D eigenvalue weighted by Gasteiger charge is -2.39. The summed E-state index contributed by atoms with van der Waals surface area (Å²) in [5.41, 5.74) is 10.9. The number of phenolic OH excluding ortho intramolecular Hbond substituents is 3. The number of fused-ring (bicyclic) bond motifs is 4. The van der Waals surface area contributed by atoms with Gasteiger partial charge in [-0.3, -0.25) is 4.99 Å². The minimum atomic E-state index is -0.881. The monoisotopic (exact) mass is 945 g/mol. The average molecular weight is 945 g/mol. The maximum Gasteiger partial charge on any atom is 0.190 e. The number of allylic oxidation sites excluding steroid dienone is 10. The van der Waals surface area contributed by atoms with Crippen LogP contribution >= 0.6 is 0 Å². The van der Waals surface area contributed by atoms with Gasteiger partial charge in [0.1, 0.15) is 23.1 Å². The first-order valence-electron chi connectivity index (χ1n) is 25.9. The zero-order chi connectivity index (χ0) is 48.3. The molecule has 366 valence electrons. The van der Waals surface area contributed by atoms with Gasteiger partial charge in [0.25, 0.3) is 0 Å². The molecule has 11 heteroatoms. The maximum atomic E-state index is 11.1. The molecule has 8 atom stereocenters. The number of unbranched alkanes of at least 4 members (excludes halogenated alkanes) is 3. The number of aliphatic imine (C=N–C) groups is 3. The smallest absolute Gasteiger partial charge is 0.190 e. The zero-order valence-corrected chi connectivity index (χ0v) is 40.6. The molecule has 8 unspecified atom stereocenters. The van der Waals surface area contributed by atoms with Gasteiger partial charge in [0.2, 0.25) is 0 Å². The molecule has 0 aromatic heterocycles. The molecule has 3 aromatic rings. The van der Waals surface area contributed by atoms with Gasteiger partial charge in [-0.1, -0.05) is 118 Å². The Morgan fingerprint density at radius 3 is 2.54 bits per heavy atom. The molecule has 5 aliphatic carbocycles. The van der Waals surface area contributed by atoms with E-state index in [2.05, 4.69) is 86.0 Å². The van der Waals surface area contributed by atoms with E-state index in [-0.39, 0.29) is 28.7 Å². The maximum absolute atomic E-state index is 11.1. The molecule has 0 saturated heterocycles. The molecule has 10 rings (SSSR count). The standard InChI is InChI=1S/C59H68N4O7/c1-3-4-12-26-69-53-33-47(60-59(62-53)57-51(67)31-40(64)32-52(57)68)46-30-39-25-24-36(29-45(39)43-20-9-10-21-44(43)46)35(2)15-11-13-27-70-54-34-48(61-58(63-54)56-49(65)22-14-23-50(56)66)55-41-18-7-5-16-37(41)28-38-17-6-8-19-42(38)55/h5,7-8,10,14,16,18-19,21-22,28-33,35,43-44,49-50,54,56,59,62,64-68H,3-4,6,9,11-13,15,17,20,23-27,34H2,1-2H3. The highest BCUT2D eigenvalue weighted by Gasteiger charge is 2.38. The summed E-state index contributed by atoms with van der Waals surface area (Å²) in [5, 5.41) is 59.7. The Balaban J connectivity index is 0.840. The number of aliphatic hydroxyl groups excluding tert-OH is 2. The van der Waals surface area contributed by atoms with Crippen LogP contribution in [0.25, 0.3) is 16.8 Å². The summed E-state index contributed by atoms with van der Waals surface area (Å²) >= 11 is 0. The average Bonchev–Trinajstić information content (AvgIpc) is 3.36. The van der Waals surface area contributed by atoms with Crippen LogP contribution in [0.4, 0.5) is 0 Å². The minimum absolute atomic E-state index is 0.116. The first kappa shape index (κ1) is 47.7. The fourth-order valence-corrected chi connectivity index (χ4v) is 11.7. The summed E-state index contributed by atoms with van der Waals surface area (Å²) in [7, 11) is 0. The van der Waals surface area contributed by atoms with Gasteiger partial charge in [-0.25, -0.2) is 9.98 Å². The molecule has 6 N–H and O–H groups in total. The summed E-state index contributed by atoms with van der Waals surface area (Å²) in [6.45, 7) is 5.61. The molecule has 0 bridgehead atoms. The number of rotatable bonds is 16. The first-order valence-corrected chi connectivity index (χ1v) is 25.9. The molecular weight excluding hydrogens is 877 g/mol. The Bertz CT molecular complexity index is 2780. The van der Waals surface area contributed by atoms with Crippen molar-refractivity contribution in [1.29, 1.82) is 0 Å². The van der Waals surface area contributed by atoms with Crippen LogP contribution < -0.4 is 5.32 Å². The number of phenols is 3. The number of amidine groups is 1. The van der Waals surface area contributed by atoms with Crippen LogP contribution in [-0.2, 0) is 15.9 Å². The quantitative estimate of drug-likeness (QED) is 0.0609. The van der Waals surface area contributed by atoms with E-state index in [1.54, 1.807) is 6.08 Å². The summed E-state index contributed by atoms with van der Waals surface area (Å²) in [6.07, 6.45) is 29.4. The molecule has 0 spiro atoms. The number of benzene rings is 3. The Labute approximate surface area is 411 Å². The van der Waals surface area contributed by atoms with Crippen molar-refractivity contribution in [1.82, 2.24) is 5.32 Å². The molecule has 0 saturated carbocycles. The number of aromatic hydroxyl groups is 3. The Hall–Kier alpha value is -6.01. The number of ether oxygens (including phenoxy) is 2. The number of hydrogen-bond acceptors (Lipinski definition) is 11. The summed E-state index contributed by atoms with van der Waals surface area (Å²) in [4.78, 5) is 15.3. The van der Waals surface area contributed by atoms with Crippen LogP contribution in [0.1, 0.15) is 126 Å². The van der Waals surface area contributed by atoms with Gasteiger partial charge in [-0.2, -0.15) is 0 Å². The molecule has 0 amide bonds. The van der Waals surface area contributed by atoms with E-state index in [1.807, 2.05) is 12.2 Å². The van der Waals surface area contributed by atoms with E-state index in [9.17, 15) is 25.5 Å². The van der Waals surface area contributed by atoms with Crippen molar-refractivity contribution in [3.05, 3.63) is 142 Å². The van der Waals surface area contributed by atoms with Crippen molar-refractivity contribution in [2.24, 2.45) is 38.6 Å². The van der Waals surface area contributed by atoms with Gasteiger partial charge in [-0.15, -0.1) is 0 Å². The van der Waals surface area contributed by atoms with Crippen molar-refractivity contribution >= 4 is 34.1 Å². The second-order valence-corrected chi connectivity index (χ2v) is 20.2. The van der Waals surface area contributed by atoms with Crippen molar-refractivity contribution in [2.45, 2.75) is 128 Å². The third-order valence-corrected chi connectivity index (χ3v) is 15.4. The number of aliphatic hydroxyl groups is 2. The van der Waals surface area contributed by atoms with E-state index >= 15 is 0 Å². The molecule has 2 heterocycles. The predicted molar refractivity (Wildman–Crippen MR) is 278 cm³/mol. The number of aryl methyl sites for hydroxylation is 1. The number of hydrogen-bond donors (Lipinski definition) is 6. The van der Waals surface area contributed by atoms with Crippen LogP contribution in [0, 0.1) is 23.7 Å². The molecule has 7 aliphatic rings. The Kier molecular flexibility index (Phi) is 14.4. The molecule has 2 aliphatic heterocycles. The fourth-order valence-electron chi connectivity index (χ4n) is 11.7. The van der Waals surface area contributed by atoms with Crippen LogP contribution in [0.15, 0.2) is 134 Å². The molecular formula is C59H68N4O7. The van der Waals surface area contributed by atoms with Crippen molar-refractivity contribution in [3.8, 4) is 17.2 Å². The first-order chi connectivity index (χ1) is 34.1. The number of nitrogens with one attached hydrogen (secondary N) is 1. The summed E-state index contributed by atoms with van der Waals surface area (Å²) in [5.74, 6) is 0.507. The molecule has 70 heavy (non-hydrogen) atoms. The number of nitrogens with zero attached hydrogens (tertiary/aromatic N) is 3. The van der Waals surface area contributed by atoms with Gasteiger partial charge in [0.15, 0.2) is 18.3 Å². The third kappa shape index (κ3) is 9.98. The van der Waals surface area contributed by atoms with Crippen molar-refractivity contribution < 1.29 is 35.0 Å². The van der Waals surface area contributed by atoms with E-state index in [0.717, 1.165) is 105 Å². The highest BCUT2D eigenvalue weighted by molar-refractivity contribution is 6.18. The highest BCUT2D eigenvalue weighted by Crippen LogP contribution is 2.48. The largest absolute Gasteiger partial charge is 0.508 e. The van der Waals surface area contributed by atoms with Crippen LogP contribution in [0.5, 0.6) is 17.2 Å². The van der Waals surface area contributed by atoms with Crippen LogP contribution in [0.3, 0.4) is 0 Å². The summed E-state index contributed by atoms with van der Waals surface area (Å²) in [6, 6.07) is 13.2. The van der Waals surface area contributed by atoms with Gasteiger partial charge in [0, 0.05) is 42.7 Å². The molecule has 11 nitrogen and oxygen atoms in total. The fraction of sp³-hybridized carbons (Fsp3) is 0.441. The second kappa shape index (κ2) is 21.1. The lowest BCUT2D eigenvalue weighted by molar-refractivity contribution is 0.0504. The normalized spacial score (nSPS) is 26.4. The highest BCUT2D eigenvalue weighted by atomic mass is 16.5. The predicted octanol–water partition coefficient (Wildman–Crippen LogP) is 11.3. The lowest BCUT2D eigenvalue weighted by atomic mass is 9.66. The van der Waals surface area contributed by atoms with Gasteiger partial charge in [-0.05, 0) is 115 Å². The van der Waals surface area contributed by atoms with Gasteiger partial charge >= 0.3 is 0 Å². The van der Waals surface area contributed by atoms with E-state index in [4.69, 9.17) is 24.5 Å². The molecule has 0 radical (unpaired) electrons. The molecule has 0 fully saturated rings. The third-order valence-electron chi connectivity index (χ3n) is 15.4. The van der Waals surface area contributed by atoms with Crippen molar-refractivity contribution in [3.63, 3.8) is 0 Å². The SMILES string of the molecule is CCCCCOC1=CC(C2=CC3=C(C=C(C(C)CCCCOC4CC(c5c6c(cc7ccccc57)CCC=C6)=NC(C5C(O)C=CCC5O)=N4)CC3)C3CCC=CC23)=NC(c2c(O)cc(O)cc2O)N1. The van der Waals surface area contributed by atoms with Crippen molar-refractivity contribution in [2.75, 3.05) is 13.2 Å². The van der Waals surface area contributed by atoms with E-state index in [0.29, 0.717) is 49.6 Å². The van der Waals surface area contributed by atoms with Gasteiger partial charge < -0.3 is 40.3 Å². The Morgan fingerprint density at radius 1 is 0.857 bits per heavy atom. The topological polar surface area (TPSA) is 169 Å². The zero-order valence-electron chi connectivity index (χ0n) is 40.6. The Morgan fingerprint density at radius 2 is 1.70 bits per heavy atom. The summed E-state index contributed by atoms with van der Waals surface area (Å²) < 4.78 is 12.9. The van der Waals surface area contributed by atoms with Crippen LogP contribution in [0.2, 0.25) is 0 Å². The lowest BCUT2D eigenvalue weighted by Crippen LogP contribution is -2.41. The van der Waals surface area contributed by atoms with Crippen LogP contribution in [-0.4, -0.2) is 74.4 Å². The van der Waals surface area contributed by atoms with E-state index < -0.39 is 30.5 Å². The minimum Gasteiger partial charge on any atom is -0.508 e.